The maximum Gasteiger partial charge on any atom is 0.262 e. The molecule has 2 N–H and O–H groups in total. The van der Waals surface area contributed by atoms with Crippen molar-refractivity contribution in [2.45, 2.75) is 20.8 Å². The number of para-hydroxylation sites is 1. The van der Waals surface area contributed by atoms with Gasteiger partial charge in [-0.15, -0.1) is 0 Å². The Bertz CT molecular complexity index is 1440. The molecular weight excluding hydrogens is 440 g/mol. The number of allylic oxidation sites excluding steroid dienone is 1. The molecule has 0 radical (unpaired) electrons. The molecule has 0 aliphatic carbocycles. The molecule has 0 bridgehead atoms. The molecule has 0 spiro atoms. The van der Waals surface area contributed by atoms with E-state index in [1.165, 1.54) is 7.11 Å². The number of nitrogens with zero attached hydrogens (tertiary/aromatic N) is 2. The van der Waals surface area contributed by atoms with E-state index in [-0.39, 0.29) is 12.5 Å². The number of fused-ring (bicyclic) bond motifs is 1. The Morgan fingerprint density at radius 3 is 2.57 bits per heavy atom. The minimum atomic E-state index is -0.271. The summed E-state index contributed by atoms with van der Waals surface area (Å²) in [5, 5.41) is 12.6. The number of benzene rings is 3. The van der Waals surface area contributed by atoms with Crippen LogP contribution in [0.1, 0.15) is 28.1 Å². The van der Waals surface area contributed by atoms with Gasteiger partial charge >= 0.3 is 0 Å². The summed E-state index contributed by atoms with van der Waals surface area (Å²) in [5.74, 6) is 1.11. The molecule has 7 heteroatoms. The second kappa shape index (κ2) is 10.1. The standard InChI is InChI=1S/C28H26N4O3/c1-17-7-5-6-8-22(17)30-27(33)16-35-25-10-9-20(14-26(25)34-4)13-21(15-29)28-31-23-11-18(2)19(3)12-24(23)32-28/h5-14H,16H2,1-4H3,(H,30,33)(H,31,32)/b21-13+. The highest BCUT2D eigenvalue weighted by atomic mass is 16.5. The molecular formula is C28H26N4O3. The molecule has 4 aromatic rings. The number of ether oxygens (including phenoxy) is 2. The van der Waals surface area contributed by atoms with Crippen LogP contribution in [-0.2, 0) is 4.79 Å². The van der Waals surface area contributed by atoms with Crippen LogP contribution in [0.2, 0.25) is 0 Å². The van der Waals surface area contributed by atoms with E-state index in [0.717, 1.165) is 39.0 Å². The van der Waals surface area contributed by atoms with Gasteiger partial charge in [0.15, 0.2) is 18.1 Å². The second-order valence-corrected chi connectivity index (χ2v) is 8.27. The van der Waals surface area contributed by atoms with Gasteiger partial charge in [0.05, 0.1) is 23.7 Å². The number of H-pyrrole nitrogens is 1. The van der Waals surface area contributed by atoms with Gasteiger partial charge in [0.2, 0.25) is 0 Å². The van der Waals surface area contributed by atoms with Gasteiger partial charge in [-0.2, -0.15) is 5.26 Å². The van der Waals surface area contributed by atoms with Crippen LogP contribution in [0, 0.1) is 32.1 Å². The van der Waals surface area contributed by atoms with Gasteiger partial charge in [-0.05, 0) is 79.4 Å². The molecule has 1 amide bonds. The first-order valence-electron chi connectivity index (χ1n) is 11.1. The van der Waals surface area contributed by atoms with Crippen molar-refractivity contribution in [2.75, 3.05) is 19.0 Å². The Morgan fingerprint density at radius 1 is 1.06 bits per heavy atom. The van der Waals surface area contributed by atoms with Crippen LogP contribution < -0.4 is 14.8 Å². The van der Waals surface area contributed by atoms with E-state index >= 15 is 0 Å². The van der Waals surface area contributed by atoms with Crippen LogP contribution in [0.15, 0.2) is 54.6 Å². The van der Waals surface area contributed by atoms with E-state index in [0.29, 0.717) is 22.9 Å². The van der Waals surface area contributed by atoms with Crippen LogP contribution >= 0.6 is 0 Å². The monoisotopic (exact) mass is 466 g/mol. The van der Waals surface area contributed by atoms with Gasteiger partial charge < -0.3 is 19.8 Å². The number of imidazole rings is 1. The quantitative estimate of drug-likeness (QED) is 0.347. The number of nitrogens with one attached hydrogen (secondary N) is 2. The summed E-state index contributed by atoms with van der Waals surface area (Å²) in [6.45, 7) is 5.83. The molecule has 176 valence electrons. The van der Waals surface area contributed by atoms with Crippen LogP contribution in [0.4, 0.5) is 5.69 Å². The molecule has 0 aliphatic rings. The fourth-order valence-electron chi connectivity index (χ4n) is 3.65. The van der Waals surface area contributed by atoms with Crippen LogP contribution in [0.25, 0.3) is 22.7 Å². The van der Waals surface area contributed by atoms with Crippen molar-refractivity contribution < 1.29 is 14.3 Å². The van der Waals surface area contributed by atoms with E-state index in [1.54, 1.807) is 24.3 Å². The van der Waals surface area contributed by atoms with Crippen molar-refractivity contribution in [1.29, 1.82) is 5.26 Å². The summed E-state index contributed by atoms with van der Waals surface area (Å²) in [6.07, 6.45) is 1.73. The van der Waals surface area contributed by atoms with Crippen molar-refractivity contribution in [3.05, 3.63) is 82.7 Å². The van der Waals surface area contributed by atoms with E-state index in [9.17, 15) is 10.1 Å². The maximum absolute atomic E-state index is 12.3. The smallest absolute Gasteiger partial charge is 0.262 e. The molecule has 7 nitrogen and oxygen atoms in total. The Balaban J connectivity index is 1.51. The number of nitriles is 1. The zero-order valence-electron chi connectivity index (χ0n) is 20.1. The number of aromatic amines is 1. The molecule has 3 aromatic carbocycles. The SMILES string of the molecule is COc1cc(/C=C(\C#N)c2nc3cc(C)c(C)cc3[nH]2)ccc1OCC(=O)Nc1ccccc1C. The summed E-state index contributed by atoms with van der Waals surface area (Å²) in [6, 6.07) is 19.1. The largest absolute Gasteiger partial charge is 0.493 e. The van der Waals surface area contributed by atoms with Gasteiger partial charge in [-0.3, -0.25) is 4.79 Å². The lowest BCUT2D eigenvalue weighted by atomic mass is 10.1. The molecule has 0 saturated heterocycles. The number of amides is 1. The average molecular weight is 467 g/mol. The van der Waals surface area contributed by atoms with Crippen molar-refractivity contribution in [2.24, 2.45) is 0 Å². The summed E-state index contributed by atoms with van der Waals surface area (Å²) >= 11 is 0. The van der Waals surface area contributed by atoms with E-state index in [4.69, 9.17) is 9.47 Å². The highest BCUT2D eigenvalue weighted by Crippen LogP contribution is 2.30. The minimum Gasteiger partial charge on any atom is -0.493 e. The number of carbonyl (C=O) groups excluding carboxylic acids is 1. The van der Waals surface area contributed by atoms with E-state index in [1.807, 2.05) is 57.2 Å². The molecule has 0 aliphatic heterocycles. The number of methoxy groups -OCH3 is 1. The van der Waals surface area contributed by atoms with Gasteiger partial charge in [-0.25, -0.2) is 4.98 Å². The average Bonchev–Trinajstić information content (AvgIpc) is 3.25. The molecule has 0 saturated carbocycles. The number of anilines is 1. The lowest BCUT2D eigenvalue weighted by Crippen LogP contribution is -2.20. The zero-order valence-corrected chi connectivity index (χ0v) is 20.1. The summed E-state index contributed by atoms with van der Waals surface area (Å²) in [7, 11) is 1.53. The van der Waals surface area contributed by atoms with Gasteiger partial charge in [-0.1, -0.05) is 24.3 Å². The first kappa shape index (κ1) is 23.6. The molecule has 1 heterocycles. The second-order valence-electron chi connectivity index (χ2n) is 8.27. The molecule has 35 heavy (non-hydrogen) atoms. The number of hydrogen-bond donors (Lipinski definition) is 2. The number of rotatable bonds is 7. The Morgan fingerprint density at radius 2 is 1.83 bits per heavy atom. The maximum atomic E-state index is 12.3. The molecule has 4 rings (SSSR count). The predicted octanol–water partition coefficient (Wildman–Crippen LogP) is 5.58. The van der Waals surface area contributed by atoms with Crippen molar-refractivity contribution in [3.8, 4) is 17.6 Å². The molecule has 0 fully saturated rings. The Labute approximate surface area is 204 Å². The minimum absolute atomic E-state index is 0.166. The number of aryl methyl sites for hydroxylation is 3. The Hall–Kier alpha value is -4.57. The summed E-state index contributed by atoms with van der Waals surface area (Å²) in [4.78, 5) is 20.1. The fraction of sp³-hybridized carbons (Fsp3) is 0.179. The normalized spacial score (nSPS) is 11.2. The number of aromatic nitrogens is 2. The molecule has 1 aromatic heterocycles. The number of hydrogen-bond acceptors (Lipinski definition) is 5. The van der Waals surface area contributed by atoms with E-state index < -0.39 is 0 Å². The van der Waals surface area contributed by atoms with Gasteiger partial charge in [0.1, 0.15) is 11.9 Å². The highest BCUT2D eigenvalue weighted by molar-refractivity contribution is 5.93. The lowest BCUT2D eigenvalue weighted by Gasteiger charge is -2.12. The third-order valence-corrected chi connectivity index (χ3v) is 5.75. The first-order valence-corrected chi connectivity index (χ1v) is 11.1. The van der Waals surface area contributed by atoms with Crippen molar-refractivity contribution >= 4 is 34.3 Å². The van der Waals surface area contributed by atoms with Crippen molar-refractivity contribution in [1.82, 2.24) is 9.97 Å². The third-order valence-electron chi connectivity index (χ3n) is 5.75. The highest BCUT2D eigenvalue weighted by Gasteiger charge is 2.12. The lowest BCUT2D eigenvalue weighted by molar-refractivity contribution is -0.118. The van der Waals surface area contributed by atoms with E-state index in [2.05, 4.69) is 21.4 Å². The van der Waals surface area contributed by atoms with Crippen LogP contribution in [0.5, 0.6) is 11.5 Å². The van der Waals surface area contributed by atoms with Gasteiger partial charge in [0, 0.05) is 5.69 Å². The topological polar surface area (TPSA) is 100 Å². The van der Waals surface area contributed by atoms with Crippen molar-refractivity contribution in [3.63, 3.8) is 0 Å². The zero-order chi connectivity index (χ0) is 24.9. The first-order chi connectivity index (χ1) is 16.9. The Kier molecular flexibility index (Phi) is 6.83. The fourth-order valence-corrected chi connectivity index (χ4v) is 3.65. The third kappa shape index (κ3) is 5.33. The molecule has 0 unspecified atom stereocenters. The van der Waals surface area contributed by atoms with Gasteiger partial charge in [0.25, 0.3) is 5.91 Å². The van der Waals surface area contributed by atoms with Crippen LogP contribution in [-0.4, -0.2) is 29.6 Å². The summed E-state index contributed by atoms with van der Waals surface area (Å²) < 4.78 is 11.2. The molecule has 0 atom stereocenters. The summed E-state index contributed by atoms with van der Waals surface area (Å²) in [5.41, 5.74) is 6.84. The predicted molar refractivity (Wildman–Crippen MR) is 137 cm³/mol. The number of carbonyl (C=O) groups is 1. The van der Waals surface area contributed by atoms with Crippen LogP contribution in [0.3, 0.4) is 0 Å².